The molecule has 1 fully saturated rings. The van der Waals surface area contributed by atoms with Gasteiger partial charge in [0.2, 0.25) is 0 Å². The highest BCUT2D eigenvalue weighted by atomic mass is 15.2. The van der Waals surface area contributed by atoms with E-state index in [2.05, 4.69) is 31.7 Å². The van der Waals surface area contributed by atoms with Crippen LogP contribution in [0.15, 0.2) is 18.5 Å². The predicted molar refractivity (Wildman–Crippen MR) is 71.6 cm³/mol. The summed E-state index contributed by atoms with van der Waals surface area (Å²) in [6, 6.07) is 2.05. The number of imidazole rings is 1. The molecule has 0 saturated carbocycles. The van der Waals surface area contributed by atoms with Crippen molar-refractivity contribution in [3.8, 4) is 0 Å². The molecular formula is C13H19N5. The predicted octanol–water partition coefficient (Wildman–Crippen LogP) is 0.645. The number of hydrogen-bond donors (Lipinski definition) is 1. The van der Waals surface area contributed by atoms with Gasteiger partial charge in [-0.2, -0.15) is 0 Å². The first-order chi connectivity index (χ1) is 8.84. The lowest BCUT2D eigenvalue weighted by Gasteiger charge is -2.27. The summed E-state index contributed by atoms with van der Waals surface area (Å²) in [7, 11) is 0. The van der Waals surface area contributed by atoms with Crippen LogP contribution in [0.25, 0.3) is 11.0 Å². The molecule has 1 N–H and O–H groups in total. The normalized spacial score (nSPS) is 17.4. The molecule has 5 nitrogen and oxygen atoms in total. The zero-order valence-electron chi connectivity index (χ0n) is 10.8. The smallest absolute Gasteiger partial charge is 0.107 e. The molecule has 5 heteroatoms. The lowest BCUT2D eigenvalue weighted by molar-refractivity contribution is 0.233. The molecule has 0 bridgehead atoms. The maximum absolute atomic E-state index is 4.55. The molecule has 0 amide bonds. The van der Waals surface area contributed by atoms with Crippen molar-refractivity contribution < 1.29 is 0 Å². The van der Waals surface area contributed by atoms with Gasteiger partial charge in [0.25, 0.3) is 0 Å². The maximum atomic E-state index is 4.55. The third kappa shape index (κ3) is 2.23. The lowest BCUT2D eigenvalue weighted by atomic mass is 10.3. The van der Waals surface area contributed by atoms with Gasteiger partial charge >= 0.3 is 0 Å². The van der Waals surface area contributed by atoms with Gasteiger partial charge in [0, 0.05) is 45.5 Å². The molecule has 1 aliphatic rings. The minimum absolute atomic E-state index is 0.996. The first-order valence-corrected chi connectivity index (χ1v) is 6.54. The Morgan fingerprint density at radius 2 is 2.11 bits per heavy atom. The van der Waals surface area contributed by atoms with E-state index in [0.29, 0.717) is 0 Å². The van der Waals surface area contributed by atoms with E-state index in [1.165, 1.54) is 5.52 Å². The Morgan fingerprint density at radius 1 is 1.28 bits per heavy atom. The van der Waals surface area contributed by atoms with Crippen LogP contribution in [0.5, 0.6) is 0 Å². The fraction of sp³-hybridized carbons (Fsp3) is 0.538. The summed E-state index contributed by atoms with van der Waals surface area (Å²) < 4.78 is 2.29. The van der Waals surface area contributed by atoms with Crippen molar-refractivity contribution in [2.24, 2.45) is 0 Å². The molecule has 18 heavy (non-hydrogen) atoms. The first kappa shape index (κ1) is 11.6. The van der Waals surface area contributed by atoms with E-state index in [9.17, 15) is 0 Å². The topological polar surface area (TPSA) is 46.0 Å². The summed E-state index contributed by atoms with van der Waals surface area (Å²) in [4.78, 5) is 11.2. The first-order valence-electron chi connectivity index (χ1n) is 6.54. The van der Waals surface area contributed by atoms with Crippen LogP contribution in [0.2, 0.25) is 0 Å². The fourth-order valence-corrected chi connectivity index (χ4v) is 2.56. The van der Waals surface area contributed by atoms with Crippen LogP contribution < -0.4 is 5.32 Å². The number of rotatable bonds is 3. The van der Waals surface area contributed by atoms with Gasteiger partial charge in [0.05, 0.1) is 11.7 Å². The highest BCUT2D eigenvalue weighted by Crippen LogP contribution is 2.14. The van der Waals surface area contributed by atoms with E-state index in [1.54, 1.807) is 0 Å². The zero-order valence-corrected chi connectivity index (χ0v) is 10.8. The second-order valence-electron chi connectivity index (χ2n) is 4.77. The number of nitrogens with zero attached hydrogens (tertiary/aromatic N) is 4. The number of piperazine rings is 1. The van der Waals surface area contributed by atoms with Crippen LogP contribution in [-0.2, 0) is 6.54 Å². The van der Waals surface area contributed by atoms with Crippen molar-refractivity contribution in [1.82, 2.24) is 24.8 Å². The van der Waals surface area contributed by atoms with Gasteiger partial charge < -0.3 is 9.88 Å². The molecule has 3 rings (SSSR count). The van der Waals surface area contributed by atoms with Crippen molar-refractivity contribution in [2.75, 3.05) is 32.7 Å². The quantitative estimate of drug-likeness (QED) is 0.862. The Labute approximate surface area is 107 Å². The van der Waals surface area contributed by atoms with E-state index in [4.69, 9.17) is 0 Å². The lowest BCUT2D eigenvalue weighted by Crippen LogP contribution is -2.44. The monoisotopic (exact) mass is 245 g/mol. The summed E-state index contributed by atoms with van der Waals surface area (Å²) in [5.41, 5.74) is 2.19. The molecule has 2 aromatic heterocycles. The summed E-state index contributed by atoms with van der Waals surface area (Å²) in [5.74, 6) is 1.08. The Kier molecular flexibility index (Phi) is 3.25. The Hall–Kier alpha value is -1.46. The van der Waals surface area contributed by atoms with E-state index in [-0.39, 0.29) is 0 Å². The minimum Gasteiger partial charge on any atom is -0.327 e. The number of aromatic nitrogens is 3. The van der Waals surface area contributed by atoms with Crippen LogP contribution in [0.1, 0.15) is 5.82 Å². The van der Waals surface area contributed by atoms with Gasteiger partial charge in [-0.05, 0) is 13.0 Å². The van der Waals surface area contributed by atoms with Gasteiger partial charge in [0.1, 0.15) is 11.3 Å². The molecule has 0 atom stereocenters. The summed E-state index contributed by atoms with van der Waals surface area (Å²) in [5, 5.41) is 3.38. The van der Waals surface area contributed by atoms with E-state index < -0.39 is 0 Å². The van der Waals surface area contributed by atoms with Crippen molar-refractivity contribution in [1.29, 1.82) is 0 Å². The molecule has 1 aliphatic heterocycles. The van der Waals surface area contributed by atoms with Crippen LogP contribution in [0, 0.1) is 6.92 Å². The molecule has 0 aliphatic carbocycles. The van der Waals surface area contributed by atoms with E-state index in [1.807, 2.05) is 18.5 Å². The number of fused-ring (bicyclic) bond motifs is 1. The molecule has 0 aromatic carbocycles. The van der Waals surface area contributed by atoms with Crippen LogP contribution in [0.3, 0.4) is 0 Å². The molecule has 2 aromatic rings. The zero-order chi connectivity index (χ0) is 12.4. The maximum Gasteiger partial charge on any atom is 0.107 e. The minimum atomic E-state index is 0.996. The molecule has 0 unspecified atom stereocenters. The van der Waals surface area contributed by atoms with Gasteiger partial charge in [-0.1, -0.05) is 0 Å². The molecular weight excluding hydrogens is 226 g/mol. The number of aryl methyl sites for hydroxylation is 1. The Balaban J connectivity index is 1.75. The molecule has 3 heterocycles. The SMILES string of the molecule is Cc1nc2cnccc2n1CCN1CCNCC1. The third-order valence-electron chi connectivity index (χ3n) is 3.59. The van der Waals surface area contributed by atoms with Crippen molar-refractivity contribution in [2.45, 2.75) is 13.5 Å². The van der Waals surface area contributed by atoms with Crippen molar-refractivity contribution in [3.63, 3.8) is 0 Å². The second-order valence-corrected chi connectivity index (χ2v) is 4.77. The van der Waals surface area contributed by atoms with Gasteiger partial charge in [0.15, 0.2) is 0 Å². The number of pyridine rings is 1. The standard InChI is InChI=1S/C13H19N5/c1-11-16-12-10-15-3-2-13(12)18(11)9-8-17-6-4-14-5-7-17/h2-3,10,14H,4-9H2,1H3. The second kappa shape index (κ2) is 5.04. The largest absolute Gasteiger partial charge is 0.327 e. The van der Waals surface area contributed by atoms with Gasteiger partial charge in [-0.3, -0.25) is 9.88 Å². The molecule has 1 saturated heterocycles. The van der Waals surface area contributed by atoms with Crippen LogP contribution in [0.4, 0.5) is 0 Å². The van der Waals surface area contributed by atoms with Crippen molar-refractivity contribution >= 4 is 11.0 Å². The fourth-order valence-electron chi connectivity index (χ4n) is 2.56. The van der Waals surface area contributed by atoms with E-state index >= 15 is 0 Å². The Morgan fingerprint density at radius 3 is 2.94 bits per heavy atom. The average Bonchev–Trinajstić information content (AvgIpc) is 2.73. The average molecular weight is 245 g/mol. The summed E-state index contributed by atoms with van der Waals surface area (Å²) in [6.07, 6.45) is 3.68. The highest BCUT2D eigenvalue weighted by molar-refractivity contribution is 5.74. The van der Waals surface area contributed by atoms with Crippen molar-refractivity contribution in [3.05, 3.63) is 24.3 Å². The summed E-state index contributed by atoms with van der Waals surface area (Å²) >= 11 is 0. The van der Waals surface area contributed by atoms with Gasteiger partial charge in [-0.15, -0.1) is 0 Å². The molecule has 96 valence electrons. The van der Waals surface area contributed by atoms with Crippen LogP contribution in [-0.4, -0.2) is 52.2 Å². The van der Waals surface area contributed by atoms with Crippen LogP contribution >= 0.6 is 0 Å². The number of hydrogen-bond acceptors (Lipinski definition) is 4. The summed E-state index contributed by atoms with van der Waals surface area (Å²) in [6.45, 7) is 8.67. The van der Waals surface area contributed by atoms with E-state index in [0.717, 1.165) is 50.6 Å². The third-order valence-corrected chi connectivity index (χ3v) is 3.59. The van der Waals surface area contributed by atoms with Gasteiger partial charge in [-0.25, -0.2) is 4.98 Å². The Bertz CT molecular complexity index is 527. The molecule has 0 radical (unpaired) electrons. The number of nitrogens with one attached hydrogen (secondary N) is 1. The molecule has 0 spiro atoms. The highest BCUT2D eigenvalue weighted by Gasteiger charge is 2.11.